The number of hydrogen-bond acceptors (Lipinski definition) is 5. The van der Waals surface area contributed by atoms with Crippen molar-refractivity contribution < 1.29 is 23.9 Å². The lowest BCUT2D eigenvalue weighted by atomic mass is 9.85. The van der Waals surface area contributed by atoms with E-state index in [1.807, 2.05) is 44.2 Å². The van der Waals surface area contributed by atoms with Crippen molar-refractivity contribution in [2.24, 2.45) is 11.8 Å². The quantitative estimate of drug-likeness (QED) is 0.484. The fourth-order valence-electron chi connectivity index (χ4n) is 3.40. The van der Waals surface area contributed by atoms with Crippen molar-refractivity contribution in [3.8, 4) is 0 Å². The number of hydrogen-bond donors (Lipinski definition) is 1. The van der Waals surface area contributed by atoms with E-state index < -0.39 is 25.0 Å². The van der Waals surface area contributed by atoms with Crippen molar-refractivity contribution in [2.45, 2.75) is 26.7 Å². The lowest BCUT2D eigenvalue weighted by Gasteiger charge is -2.14. The van der Waals surface area contributed by atoms with E-state index in [1.54, 1.807) is 0 Å². The average molecular weight is 370 g/mol. The van der Waals surface area contributed by atoms with Gasteiger partial charge in [-0.05, 0) is 43.9 Å². The highest BCUT2D eigenvalue weighted by Crippen LogP contribution is 2.34. The van der Waals surface area contributed by atoms with Crippen molar-refractivity contribution in [3.05, 3.63) is 41.5 Å². The number of fused-ring (bicyclic) bond motifs is 1. The summed E-state index contributed by atoms with van der Waals surface area (Å²) in [6.45, 7) is 2.84. The van der Waals surface area contributed by atoms with Gasteiger partial charge in [0.25, 0.3) is 5.91 Å². The highest BCUT2D eigenvalue weighted by Gasteiger charge is 2.47. The number of anilines is 1. The Hall–Kier alpha value is -2.96. The van der Waals surface area contributed by atoms with Gasteiger partial charge in [0.1, 0.15) is 6.54 Å². The van der Waals surface area contributed by atoms with E-state index in [9.17, 15) is 19.2 Å². The van der Waals surface area contributed by atoms with Gasteiger partial charge in [0.15, 0.2) is 6.61 Å². The molecule has 1 aromatic carbocycles. The fraction of sp³-hybridized carbons (Fsp3) is 0.400. The molecule has 3 rings (SSSR count). The first-order chi connectivity index (χ1) is 12.9. The van der Waals surface area contributed by atoms with Gasteiger partial charge in [0, 0.05) is 5.69 Å². The van der Waals surface area contributed by atoms with E-state index in [-0.39, 0.29) is 23.7 Å². The number of carbonyl (C=O) groups excluding carboxylic acids is 4. The van der Waals surface area contributed by atoms with E-state index in [0.29, 0.717) is 18.5 Å². The molecule has 1 N–H and O–H groups in total. The molecule has 7 heteroatoms. The van der Waals surface area contributed by atoms with Crippen LogP contribution >= 0.6 is 0 Å². The zero-order valence-corrected chi connectivity index (χ0v) is 15.4. The summed E-state index contributed by atoms with van der Waals surface area (Å²) in [6, 6.07) is 5.64. The van der Waals surface area contributed by atoms with Gasteiger partial charge in [-0.1, -0.05) is 24.3 Å². The third-order valence-corrected chi connectivity index (χ3v) is 4.92. The molecule has 0 unspecified atom stereocenters. The molecule has 1 saturated heterocycles. The molecule has 0 bridgehead atoms. The van der Waals surface area contributed by atoms with E-state index >= 15 is 0 Å². The van der Waals surface area contributed by atoms with Crippen molar-refractivity contribution in [2.75, 3.05) is 18.5 Å². The number of allylic oxidation sites excluding steroid dienone is 2. The molecule has 0 aromatic heterocycles. The standard InChI is InChI=1S/C20H22N2O5/c1-12-7-8-13(2)16(9-12)21-17(23)11-27-18(24)10-22-19(25)14-5-3-4-6-15(14)20(22)26/h3-4,7-9,14-15H,5-6,10-11H2,1-2H3,(H,21,23)/t14-,15-/m0/s1. The van der Waals surface area contributed by atoms with Crippen LogP contribution in [-0.2, 0) is 23.9 Å². The first-order valence-electron chi connectivity index (χ1n) is 8.89. The van der Waals surface area contributed by atoms with Gasteiger partial charge >= 0.3 is 5.97 Å². The third kappa shape index (κ3) is 4.07. The molecule has 1 aliphatic carbocycles. The molecule has 2 aliphatic rings. The van der Waals surface area contributed by atoms with Crippen LogP contribution in [0.15, 0.2) is 30.4 Å². The summed E-state index contributed by atoms with van der Waals surface area (Å²) in [6.07, 6.45) is 4.79. The topological polar surface area (TPSA) is 92.8 Å². The molecule has 27 heavy (non-hydrogen) atoms. The van der Waals surface area contributed by atoms with Crippen molar-refractivity contribution in [1.82, 2.24) is 4.90 Å². The van der Waals surface area contributed by atoms with E-state index in [2.05, 4.69) is 5.32 Å². The zero-order chi connectivity index (χ0) is 19.6. The van der Waals surface area contributed by atoms with Crippen LogP contribution in [0.5, 0.6) is 0 Å². The number of imide groups is 1. The summed E-state index contributed by atoms with van der Waals surface area (Å²) in [4.78, 5) is 49.6. The van der Waals surface area contributed by atoms with Gasteiger partial charge in [0.05, 0.1) is 11.8 Å². The van der Waals surface area contributed by atoms with Gasteiger partial charge in [0.2, 0.25) is 11.8 Å². The zero-order valence-electron chi connectivity index (χ0n) is 15.4. The summed E-state index contributed by atoms with van der Waals surface area (Å²) in [5.74, 6) is -2.71. The Morgan fingerprint density at radius 3 is 2.37 bits per heavy atom. The maximum Gasteiger partial charge on any atom is 0.326 e. The Morgan fingerprint density at radius 2 is 1.74 bits per heavy atom. The normalized spacial score (nSPS) is 21.2. The number of aryl methyl sites for hydroxylation is 2. The largest absolute Gasteiger partial charge is 0.454 e. The minimum Gasteiger partial charge on any atom is -0.454 e. The molecule has 1 aromatic rings. The monoisotopic (exact) mass is 370 g/mol. The Balaban J connectivity index is 1.51. The van der Waals surface area contributed by atoms with E-state index in [4.69, 9.17) is 4.74 Å². The summed E-state index contributed by atoms with van der Waals surface area (Å²) in [5, 5.41) is 2.69. The Morgan fingerprint density at radius 1 is 1.11 bits per heavy atom. The Labute approximate surface area is 157 Å². The Bertz CT molecular complexity index is 804. The molecular formula is C20H22N2O5. The Kier molecular flexibility index (Phi) is 5.39. The van der Waals surface area contributed by atoms with Crippen LogP contribution in [0.1, 0.15) is 24.0 Å². The summed E-state index contributed by atoms with van der Waals surface area (Å²) >= 11 is 0. The maximum absolute atomic E-state index is 12.3. The molecule has 0 spiro atoms. The van der Waals surface area contributed by atoms with Gasteiger partial charge < -0.3 is 10.1 Å². The lowest BCUT2D eigenvalue weighted by Crippen LogP contribution is -2.37. The number of nitrogens with one attached hydrogen (secondary N) is 1. The minimum atomic E-state index is -0.778. The van der Waals surface area contributed by atoms with Crippen LogP contribution in [-0.4, -0.2) is 41.7 Å². The van der Waals surface area contributed by atoms with Crippen LogP contribution in [0.3, 0.4) is 0 Å². The first kappa shape index (κ1) is 18.8. The van der Waals surface area contributed by atoms with Gasteiger partial charge in [-0.2, -0.15) is 0 Å². The molecule has 1 heterocycles. The minimum absolute atomic E-state index is 0.342. The third-order valence-electron chi connectivity index (χ3n) is 4.92. The van der Waals surface area contributed by atoms with Gasteiger partial charge in [-0.15, -0.1) is 0 Å². The number of likely N-dealkylation sites (tertiary alicyclic amines) is 1. The number of ether oxygens (including phenoxy) is 1. The lowest BCUT2D eigenvalue weighted by molar-refractivity contribution is -0.154. The van der Waals surface area contributed by atoms with E-state index in [1.165, 1.54) is 0 Å². The predicted octanol–water partition coefficient (Wildman–Crippen LogP) is 1.74. The first-order valence-corrected chi connectivity index (χ1v) is 8.89. The number of esters is 1. The molecule has 7 nitrogen and oxygen atoms in total. The summed E-state index contributed by atoms with van der Waals surface area (Å²) in [7, 11) is 0. The average Bonchev–Trinajstić information content (AvgIpc) is 2.88. The van der Waals surface area contributed by atoms with Crippen LogP contribution in [0.4, 0.5) is 5.69 Å². The van der Waals surface area contributed by atoms with Crippen molar-refractivity contribution in [3.63, 3.8) is 0 Å². The molecule has 2 atom stereocenters. The second-order valence-corrected chi connectivity index (χ2v) is 6.95. The number of benzene rings is 1. The highest BCUT2D eigenvalue weighted by atomic mass is 16.5. The second kappa shape index (κ2) is 7.73. The smallest absolute Gasteiger partial charge is 0.326 e. The SMILES string of the molecule is Cc1ccc(C)c(NC(=O)COC(=O)CN2C(=O)[C@H]3CC=CC[C@@H]3C2=O)c1. The van der Waals surface area contributed by atoms with Crippen LogP contribution in [0, 0.1) is 25.7 Å². The molecule has 1 fully saturated rings. The van der Waals surface area contributed by atoms with Gasteiger partial charge in [-0.3, -0.25) is 24.1 Å². The fourth-order valence-corrected chi connectivity index (χ4v) is 3.40. The summed E-state index contributed by atoms with van der Waals surface area (Å²) in [5.41, 5.74) is 2.54. The number of nitrogens with zero attached hydrogens (tertiary/aromatic N) is 1. The molecule has 3 amide bonds. The molecular weight excluding hydrogens is 348 g/mol. The van der Waals surface area contributed by atoms with Crippen LogP contribution in [0.2, 0.25) is 0 Å². The van der Waals surface area contributed by atoms with Gasteiger partial charge in [-0.25, -0.2) is 0 Å². The van der Waals surface area contributed by atoms with Crippen LogP contribution in [0.25, 0.3) is 0 Å². The number of amides is 3. The molecule has 142 valence electrons. The van der Waals surface area contributed by atoms with Crippen molar-refractivity contribution >= 4 is 29.4 Å². The maximum atomic E-state index is 12.3. The number of carbonyl (C=O) groups is 4. The molecule has 1 aliphatic heterocycles. The van der Waals surface area contributed by atoms with Crippen LogP contribution < -0.4 is 5.32 Å². The molecule has 0 saturated carbocycles. The number of rotatable bonds is 5. The second-order valence-electron chi connectivity index (χ2n) is 6.95. The predicted molar refractivity (Wildman–Crippen MR) is 97.6 cm³/mol. The molecule has 0 radical (unpaired) electrons. The summed E-state index contributed by atoms with van der Waals surface area (Å²) < 4.78 is 4.95. The van der Waals surface area contributed by atoms with E-state index in [0.717, 1.165) is 16.0 Å². The highest BCUT2D eigenvalue weighted by molar-refractivity contribution is 6.07. The van der Waals surface area contributed by atoms with Crippen molar-refractivity contribution in [1.29, 1.82) is 0 Å².